The molecule has 0 aromatic carbocycles. The third kappa shape index (κ3) is 3.22. The van der Waals surface area contributed by atoms with Crippen LogP contribution in [0.1, 0.15) is 18.5 Å². The molecule has 0 spiro atoms. The van der Waals surface area contributed by atoms with Crippen molar-refractivity contribution in [2.24, 2.45) is 10.7 Å². The zero-order valence-electron chi connectivity index (χ0n) is 9.63. The summed E-state index contributed by atoms with van der Waals surface area (Å²) in [5.74, 6) is 0.651. The molecule has 0 unspecified atom stereocenters. The predicted molar refractivity (Wildman–Crippen MR) is 65.2 cm³/mol. The van der Waals surface area contributed by atoms with Crippen LogP contribution >= 0.6 is 0 Å². The van der Waals surface area contributed by atoms with E-state index < -0.39 is 0 Å². The van der Waals surface area contributed by atoms with Gasteiger partial charge in [0.2, 0.25) is 0 Å². The highest BCUT2D eigenvalue weighted by molar-refractivity contribution is 5.78. The molecule has 1 aliphatic rings. The van der Waals surface area contributed by atoms with E-state index in [0.717, 1.165) is 18.7 Å². The summed E-state index contributed by atoms with van der Waals surface area (Å²) in [6.07, 6.45) is 5.10. The third-order valence-electron chi connectivity index (χ3n) is 2.68. The molecular weight excluding hydrogens is 200 g/mol. The third-order valence-corrected chi connectivity index (χ3v) is 2.68. The fourth-order valence-electron chi connectivity index (χ4n) is 1.43. The van der Waals surface area contributed by atoms with Crippen molar-refractivity contribution in [2.45, 2.75) is 25.3 Å². The van der Waals surface area contributed by atoms with E-state index in [1.54, 1.807) is 0 Å². The van der Waals surface area contributed by atoms with Crippen LogP contribution in [-0.2, 0) is 6.42 Å². The number of aromatic nitrogens is 1. The van der Waals surface area contributed by atoms with Gasteiger partial charge in [0.15, 0.2) is 5.96 Å². The highest BCUT2D eigenvalue weighted by Crippen LogP contribution is 2.23. The number of hydrogen-bond acceptors (Lipinski definition) is 2. The Morgan fingerprint density at radius 3 is 3.00 bits per heavy atom. The molecule has 0 atom stereocenters. The number of rotatable bonds is 4. The van der Waals surface area contributed by atoms with Gasteiger partial charge in [-0.25, -0.2) is 4.99 Å². The smallest absolute Gasteiger partial charge is 0.191 e. The van der Waals surface area contributed by atoms with Gasteiger partial charge in [0, 0.05) is 31.9 Å². The Bertz CT molecular complexity index is 357. The summed E-state index contributed by atoms with van der Waals surface area (Å²) in [5.41, 5.74) is 6.97. The predicted octanol–water partition coefficient (Wildman–Crippen LogP) is 1.03. The minimum absolute atomic E-state index is 0.484. The van der Waals surface area contributed by atoms with Gasteiger partial charge in [0.05, 0.1) is 6.04 Å². The minimum Gasteiger partial charge on any atom is -0.370 e. The fraction of sp³-hybridized carbons (Fsp3) is 0.500. The van der Waals surface area contributed by atoms with Crippen molar-refractivity contribution in [3.05, 3.63) is 30.1 Å². The summed E-state index contributed by atoms with van der Waals surface area (Å²) < 4.78 is 0. The Hall–Kier alpha value is -1.58. The maximum Gasteiger partial charge on any atom is 0.191 e. The van der Waals surface area contributed by atoms with Crippen LogP contribution in [0.4, 0.5) is 0 Å². The molecule has 0 bridgehead atoms. The van der Waals surface area contributed by atoms with Crippen molar-refractivity contribution < 1.29 is 0 Å². The number of aliphatic imine (C=N–C) groups is 1. The average molecular weight is 218 g/mol. The van der Waals surface area contributed by atoms with Crippen LogP contribution in [0, 0.1) is 0 Å². The fourth-order valence-corrected chi connectivity index (χ4v) is 1.43. The lowest BCUT2D eigenvalue weighted by Crippen LogP contribution is -2.35. The highest BCUT2D eigenvalue weighted by atomic mass is 15.2. The van der Waals surface area contributed by atoms with E-state index in [2.05, 4.69) is 9.98 Å². The first-order chi connectivity index (χ1) is 7.75. The second kappa shape index (κ2) is 4.96. The van der Waals surface area contributed by atoms with Crippen LogP contribution < -0.4 is 5.73 Å². The van der Waals surface area contributed by atoms with E-state index in [1.165, 1.54) is 12.8 Å². The van der Waals surface area contributed by atoms with Crippen molar-refractivity contribution >= 4 is 5.96 Å². The largest absolute Gasteiger partial charge is 0.370 e. The zero-order chi connectivity index (χ0) is 11.4. The van der Waals surface area contributed by atoms with Crippen LogP contribution in [-0.4, -0.2) is 35.5 Å². The van der Waals surface area contributed by atoms with Crippen molar-refractivity contribution in [3.63, 3.8) is 0 Å². The first kappa shape index (κ1) is 10.9. The van der Waals surface area contributed by atoms with Crippen LogP contribution in [0.3, 0.4) is 0 Å². The topological polar surface area (TPSA) is 54.5 Å². The number of hydrogen-bond donors (Lipinski definition) is 1. The summed E-state index contributed by atoms with van der Waals surface area (Å²) in [7, 11) is 1.98. The van der Waals surface area contributed by atoms with Gasteiger partial charge in [-0.1, -0.05) is 6.07 Å². The molecule has 86 valence electrons. The van der Waals surface area contributed by atoms with Crippen LogP contribution in [0.25, 0.3) is 0 Å². The van der Waals surface area contributed by atoms with Gasteiger partial charge in [0.1, 0.15) is 0 Å². The van der Waals surface area contributed by atoms with E-state index in [-0.39, 0.29) is 0 Å². The number of nitrogens with zero attached hydrogens (tertiary/aromatic N) is 3. The first-order valence-electron chi connectivity index (χ1n) is 5.70. The average Bonchev–Trinajstić information content (AvgIpc) is 3.11. The molecule has 1 saturated carbocycles. The molecule has 1 fully saturated rings. The van der Waals surface area contributed by atoms with Gasteiger partial charge in [-0.3, -0.25) is 4.98 Å². The van der Waals surface area contributed by atoms with Gasteiger partial charge in [-0.2, -0.15) is 0 Å². The van der Waals surface area contributed by atoms with Crippen molar-refractivity contribution in [1.82, 2.24) is 9.88 Å². The molecule has 2 N–H and O–H groups in total. The molecule has 1 aliphatic carbocycles. The molecule has 1 aromatic heterocycles. The highest BCUT2D eigenvalue weighted by Gasteiger charge is 2.21. The molecule has 4 heteroatoms. The summed E-state index contributed by atoms with van der Waals surface area (Å²) >= 11 is 0. The molecule has 0 aliphatic heterocycles. The van der Waals surface area contributed by atoms with Gasteiger partial charge in [-0.05, 0) is 25.0 Å². The van der Waals surface area contributed by atoms with E-state index in [0.29, 0.717) is 12.0 Å². The number of pyridine rings is 1. The molecule has 1 aromatic rings. The van der Waals surface area contributed by atoms with Gasteiger partial charge in [0.25, 0.3) is 0 Å². The monoisotopic (exact) mass is 218 g/mol. The Balaban J connectivity index is 1.81. The first-order valence-corrected chi connectivity index (χ1v) is 5.70. The van der Waals surface area contributed by atoms with Crippen LogP contribution in [0.2, 0.25) is 0 Å². The molecule has 0 amide bonds. The molecular formula is C12H18N4. The molecule has 16 heavy (non-hydrogen) atoms. The lowest BCUT2D eigenvalue weighted by atomic mass is 10.2. The number of guanidine groups is 1. The van der Waals surface area contributed by atoms with Gasteiger partial charge in [-0.15, -0.1) is 0 Å². The van der Waals surface area contributed by atoms with Crippen LogP contribution in [0.15, 0.2) is 29.4 Å². The molecule has 4 nitrogen and oxygen atoms in total. The van der Waals surface area contributed by atoms with E-state index in [9.17, 15) is 0 Å². The Morgan fingerprint density at radius 1 is 1.56 bits per heavy atom. The van der Waals surface area contributed by atoms with Crippen molar-refractivity contribution in [1.29, 1.82) is 0 Å². The Morgan fingerprint density at radius 2 is 2.38 bits per heavy atom. The SMILES string of the molecule is CN(CCc1ccccn1)C(N)=NC1CC1. The van der Waals surface area contributed by atoms with E-state index in [4.69, 9.17) is 5.73 Å². The maximum absolute atomic E-state index is 5.88. The summed E-state index contributed by atoms with van der Waals surface area (Å²) in [5, 5.41) is 0. The molecule has 0 radical (unpaired) electrons. The Kier molecular flexibility index (Phi) is 3.39. The number of likely N-dealkylation sites (N-methyl/N-ethyl adjacent to an activating group) is 1. The summed E-state index contributed by atoms with van der Waals surface area (Å²) in [6, 6.07) is 6.44. The Labute approximate surface area is 96.2 Å². The van der Waals surface area contributed by atoms with E-state index >= 15 is 0 Å². The normalized spacial score (nSPS) is 16.2. The van der Waals surface area contributed by atoms with Gasteiger partial charge >= 0.3 is 0 Å². The maximum atomic E-state index is 5.88. The molecule has 1 heterocycles. The lowest BCUT2D eigenvalue weighted by molar-refractivity contribution is 0.497. The summed E-state index contributed by atoms with van der Waals surface area (Å²) in [4.78, 5) is 10.7. The summed E-state index contributed by atoms with van der Waals surface area (Å²) in [6.45, 7) is 0.860. The quantitative estimate of drug-likeness (QED) is 0.606. The second-order valence-electron chi connectivity index (χ2n) is 4.21. The molecule has 0 saturated heterocycles. The van der Waals surface area contributed by atoms with E-state index in [1.807, 2.05) is 36.3 Å². The van der Waals surface area contributed by atoms with Crippen molar-refractivity contribution in [2.75, 3.05) is 13.6 Å². The number of nitrogens with two attached hydrogens (primary N) is 1. The molecule has 2 rings (SSSR count). The second-order valence-corrected chi connectivity index (χ2v) is 4.21. The van der Waals surface area contributed by atoms with Gasteiger partial charge < -0.3 is 10.6 Å². The zero-order valence-corrected chi connectivity index (χ0v) is 9.63. The standard InChI is InChI=1S/C12H18N4/c1-16(12(13)15-11-5-6-11)9-7-10-4-2-3-8-14-10/h2-4,8,11H,5-7,9H2,1H3,(H2,13,15). The van der Waals surface area contributed by atoms with Crippen LogP contribution in [0.5, 0.6) is 0 Å². The van der Waals surface area contributed by atoms with Crippen molar-refractivity contribution in [3.8, 4) is 0 Å². The lowest BCUT2D eigenvalue weighted by Gasteiger charge is -2.17. The minimum atomic E-state index is 0.484.